The van der Waals surface area contributed by atoms with Crippen molar-refractivity contribution in [3.63, 3.8) is 0 Å². The Morgan fingerprint density at radius 1 is 0.967 bits per heavy atom. The van der Waals surface area contributed by atoms with Crippen molar-refractivity contribution in [2.45, 2.75) is 104 Å². The van der Waals surface area contributed by atoms with Gasteiger partial charge < -0.3 is 9.08 Å². The van der Waals surface area contributed by atoms with Crippen LogP contribution in [0.15, 0.2) is 24.3 Å². The molecule has 172 valence electrons. The van der Waals surface area contributed by atoms with Crippen LogP contribution in [0.3, 0.4) is 0 Å². The van der Waals surface area contributed by atoms with Crippen molar-refractivity contribution in [2.24, 2.45) is 0 Å². The molecule has 0 saturated heterocycles. The van der Waals surface area contributed by atoms with Crippen LogP contribution in [0.25, 0.3) is 0 Å². The number of hydrogen-bond acceptors (Lipinski definition) is 4. The van der Waals surface area contributed by atoms with E-state index >= 15 is 0 Å². The van der Waals surface area contributed by atoms with Crippen LogP contribution in [0.2, 0.25) is 0 Å². The second-order valence-corrected chi connectivity index (χ2v) is 10.1. The number of benzene rings is 1. The minimum absolute atomic E-state index is 0.0768. The number of nitrogens with zero attached hydrogens (tertiary/aromatic N) is 1. The smallest absolute Gasteiger partial charge is 0.308 e. The Kier molecular flexibility index (Phi) is 12.7. The van der Waals surface area contributed by atoms with Gasteiger partial charge in [-0.3, -0.25) is 4.79 Å². The molecule has 0 aliphatic carbocycles. The Hall–Kier alpha value is -1.56. The van der Waals surface area contributed by atoms with E-state index in [1.54, 1.807) is 25.1 Å². The maximum absolute atomic E-state index is 12.8. The van der Waals surface area contributed by atoms with E-state index in [0.29, 0.717) is 18.7 Å². The third kappa shape index (κ3) is 11.0. The summed E-state index contributed by atoms with van der Waals surface area (Å²) >= 11 is 0. The van der Waals surface area contributed by atoms with Gasteiger partial charge in [0, 0.05) is 19.0 Å². The summed E-state index contributed by atoms with van der Waals surface area (Å²) in [7, 11) is -3.56. The van der Waals surface area contributed by atoms with E-state index in [9.17, 15) is 13.2 Å². The van der Waals surface area contributed by atoms with Gasteiger partial charge in [-0.25, -0.2) is 0 Å². The van der Waals surface area contributed by atoms with Gasteiger partial charge in [-0.2, -0.15) is 8.42 Å². The van der Waals surface area contributed by atoms with Gasteiger partial charge in [0.15, 0.2) is 0 Å². The summed E-state index contributed by atoms with van der Waals surface area (Å²) in [5, 5.41) is 0. The van der Waals surface area contributed by atoms with E-state index in [0.717, 1.165) is 18.4 Å². The first kappa shape index (κ1) is 26.5. The zero-order valence-corrected chi connectivity index (χ0v) is 20.2. The largest absolute Gasteiger partial charge is 0.382 e. The van der Waals surface area contributed by atoms with Crippen LogP contribution in [0.4, 0.5) is 0 Å². The van der Waals surface area contributed by atoms with Crippen molar-refractivity contribution in [2.75, 3.05) is 5.75 Å². The Morgan fingerprint density at radius 2 is 1.57 bits per heavy atom. The molecule has 0 bridgehead atoms. The Bertz CT molecular complexity index is 716. The third-order valence-electron chi connectivity index (χ3n) is 5.27. The fourth-order valence-corrected chi connectivity index (χ4v) is 3.90. The summed E-state index contributed by atoms with van der Waals surface area (Å²) < 4.78 is 28.5. The molecule has 0 N–H and O–H groups in total. The minimum atomic E-state index is -3.56. The highest BCUT2D eigenvalue weighted by Crippen LogP contribution is 2.19. The maximum Gasteiger partial charge on any atom is 0.308 e. The van der Waals surface area contributed by atoms with Crippen molar-refractivity contribution >= 4 is 16.0 Å². The number of unbranched alkanes of at least 4 members (excludes halogenated alkanes) is 8. The molecule has 5 nitrogen and oxygen atoms in total. The zero-order chi connectivity index (χ0) is 22.4. The Morgan fingerprint density at radius 3 is 2.13 bits per heavy atom. The summed E-state index contributed by atoms with van der Waals surface area (Å²) in [5.41, 5.74) is 0.868. The highest BCUT2D eigenvalue weighted by molar-refractivity contribution is 7.87. The third-order valence-corrected chi connectivity index (χ3v) is 6.42. The Balaban J connectivity index is 2.47. The molecule has 30 heavy (non-hydrogen) atoms. The molecule has 1 aromatic carbocycles. The van der Waals surface area contributed by atoms with Crippen molar-refractivity contribution in [1.82, 2.24) is 4.90 Å². The average molecular weight is 440 g/mol. The molecule has 0 unspecified atom stereocenters. The van der Waals surface area contributed by atoms with Crippen LogP contribution in [0.1, 0.15) is 97.5 Å². The fourth-order valence-electron chi connectivity index (χ4n) is 3.39. The quantitative estimate of drug-likeness (QED) is 0.231. The van der Waals surface area contributed by atoms with Gasteiger partial charge in [-0.05, 0) is 44.9 Å². The molecule has 0 radical (unpaired) electrons. The maximum atomic E-state index is 12.8. The highest BCUT2D eigenvalue weighted by atomic mass is 32.2. The highest BCUT2D eigenvalue weighted by Gasteiger charge is 2.18. The van der Waals surface area contributed by atoms with E-state index in [2.05, 4.69) is 6.92 Å². The lowest BCUT2D eigenvalue weighted by atomic mass is 10.1. The molecule has 0 aliphatic rings. The molecule has 0 spiro atoms. The van der Waals surface area contributed by atoms with Crippen LogP contribution in [0.5, 0.6) is 5.75 Å². The van der Waals surface area contributed by atoms with Gasteiger partial charge in [0.25, 0.3) is 0 Å². The lowest BCUT2D eigenvalue weighted by Gasteiger charge is -2.27. The number of rotatable bonds is 16. The normalized spacial score (nSPS) is 11.6. The van der Waals surface area contributed by atoms with E-state index in [4.69, 9.17) is 4.18 Å². The number of carbonyl (C=O) groups is 1. The van der Waals surface area contributed by atoms with Gasteiger partial charge in [-0.1, -0.05) is 70.4 Å². The molecular formula is C24H41NO4S. The first-order chi connectivity index (χ1) is 14.3. The van der Waals surface area contributed by atoms with E-state index in [-0.39, 0.29) is 17.7 Å². The fraction of sp³-hybridized carbons (Fsp3) is 0.708. The first-order valence-corrected chi connectivity index (χ1v) is 13.2. The summed E-state index contributed by atoms with van der Waals surface area (Å²) in [4.78, 5) is 14.6. The predicted molar refractivity (Wildman–Crippen MR) is 124 cm³/mol. The average Bonchev–Trinajstić information content (AvgIpc) is 2.70. The SMILES string of the molecule is CCCCCCCCCCCC(=O)N(Cc1cccc(OS(=O)(=O)CC)c1)C(C)C. The molecule has 0 aromatic heterocycles. The Labute approximate surface area is 184 Å². The van der Waals surface area contributed by atoms with Crippen LogP contribution in [0, 0.1) is 0 Å². The van der Waals surface area contributed by atoms with E-state index < -0.39 is 10.1 Å². The van der Waals surface area contributed by atoms with Crippen molar-refractivity contribution in [3.05, 3.63) is 29.8 Å². The van der Waals surface area contributed by atoms with Gasteiger partial charge in [0.05, 0.1) is 5.75 Å². The molecule has 0 heterocycles. The minimum Gasteiger partial charge on any atom is -0.382 e. The number of hydrogen-bond donors (Lipinski definition) is 0. The lowest BCUT2D eigenvalue weighted by Crippen LogP contribution is -2.36. The van der Waals surface area contributed by atoms with Gasteiger partial charge in [0.2, 0.25) is 5.91 Å². The van der Waals surface area contributed by atoms with Crippen LogP contribution >= 0.6 is 0 Å². The second kappa shape index (κ2) is 14.4. The molecule has 1 amide bonds. The summed E-state index contributed by atoms with van der Waals surface area (Å²) in [6.45, 7) is 8.26. The number of carbonyl (C=O) groups excluding carboxylic acids is 1. The van der Waals surface area contributed by atoms with Crippen LogP contribution < -0.4 is 4.18 Å². The second-order valence-electron chi connectivity index (χ2n) is 8.27. The van der Waals surface area contributed by atoms with Crippen molar-refractivity contribution in [3.8, 4) is 5.75 Å². The van der Waals surface area contributed by atoms with E-state index in [1.807, 2.05) is 24.8 Å². The van der Waals surface area contributed by atoms with Crippen molar-refractivity contribution < 1.29 is 17.4 Å². The summed E-state index contributed by atoms with van der Waals surface area (Å²) in [6, 6.07) is 7.07. The molecule has 6 heteroatoms. The standard InChI is InChI=1S/C24H41NO4S/c1-5-7-8-9-10-11-12-13-14-18-24(26)25(21(3)4)20-22-16-15-17-23(19-22)29-30(27,28)6-2/h15-17,19,21H,5-14,18,20H2,1-4H3. The predicted octanol–water partition coefficient (Wildman–Crippen LogP) is 6.07. The molecule has 0 aliphatic heterocycles. The molecule has 0 atom stereocenters. The van der Waals surface area contributed by atoms with Gasteiger partial charge >= 0.3 is 10.1 Å². The lowest BCUT2D eigenvalue weighted by molar-refractivity contribution is -0.133. The molecule has 1 aromatic rings. The molecule has 0 saturated carbocycles. The number of amides is 1. The van der Waals surface area contributed by atoms with Crippen molar-refractivity contribution in [1.29, 1.82) is 0 Å². The van der Waals surface area contributed by atoms with Gasteiger partial charge in [0.1, 0.15) is 5.75 Å². The van der Waals surface area contributed by atoms with Gasteiger partial charge in [-0.15, -0.1) is 0 Å². The molecule has 1 rings (SSSR count). The summed E-state index contributed by atoms with van der Waals surface area (Å²) in [6.07, 6.45) is 11.6. The topological polar surface area (TPSA) is 63.7 Å². The zero-order valence-electron chi connectivity index (χ0n) is 19.4. The van der Waals surface area contributed by atoms with E-state index in [1.165, 1.54) is 44.9 Å². The molecular weight excluding hydrogens is 398 g/mol. The molecule has 0 fully saturated rings. The van der Waals surface area contributed by atoms with Crippen LogP contribution in [-0.2, 0) is 21.5 Å². The monoisotopic (exact) mass is 439 g/mol. The first-order valence-electron chi connectivity index (χ1n) is 11.6. The van der Waals surface area contributed by atoms with Crippen LogP contribution in [-0.4, -0.2) is 31.0 Å². The summed E-state index contributed by atoms with van der Waals surface area (Å²) in [5.74, 6) is 0.372.